The van der Waals surface area contributed by atoms with E-state index in [0.717, 1.165) is 30.4 Å². The second-order valence-electron chi connectivity index (χ2n) is 4.66. The lowest BCUT2D eigenvalue weighted by atomic mass is 9.70. The first-order valence-electron chi connectivity index (χ1n) is 6.11. The monoisotopic (exact) mass is 281 g/mol. The van der Waals surface area contributed by atoms with Gasteiger partial charge in [-0.1, -0.05) is 11.6 Å². The maximum absolute atomic E-state index is 10.7. The minimum Gasteiger partial charge on any atom is -0.496 e. The fourth-order valence-electron chi connectivity index (χ4n) is 2.61. The maximum atomic E-state index is 10.7. The zero-order valence-electron chi connectivity index (χ0n) is 11.0. The molecule has 19 heavy (non-hydrogen) atoms. The highest BCUT2D eigenvalue weighted by Crippen LogP contribution is 2.50. The molecule has 2 rings (SSSR count). The van der Waals surface area contributed by atoms with Crippen LogP contribution in [0, 0.1) is 0 Å². The molecule has 0 N–H and O–H groups in total. The predicted octanol–water partition coefficient (Wildman–Crippen LogP) is 3.21. The zero-order chi connectivity index (χ0) is 13.9. The Kier molecular flexibility index (Phi) is 4.25. The minimum atomic E-state index is -0.522. The summed E-state index contributed by atoms with van der Waals surface area (Å²) in [5.74, 6) is 0.651. The summed E-state index contributed by atoms with van der Waals surface area (Å²) < 4.78 is 10.6. The van der Waals surface area contributed by atoms with E-state index >= 15 is 0 Å². The summed E-state index contributed by atoms with van der Waals surface area (Å²) in [7, 11) is 3.20. The van der Waals surface area contributed by atoms with Gasteiger partial charge in [0.25, 0.3) is 0 Å². The van der Waals surface area contributed by atoms with Gasteiger partial charge in [-0.3, -0.25) is 0 Å². The van der Waals surface area contributed by atoms with Crippen molar-refractivity contribution in [2.24, 2.45) is 4.99 Å². The molecule has 0 amide bonds. The highest BCUT2D eigenvalue weighted by molar-refractivity contribution is 6.30. The van der Waals surface area contributed by atoms with Crippen molar-refractivity contribution in [3.63, 3.8) is 0 Å². The fourth-order valence-corrected chi connectivity index (χ4v) is 2.84. The normalized spacial score (nSPS) is 16.4. The summed E-state index contributed by atoms with van der Waals surface area (Å²) in [6.07, 6.45) is 4.35. The van der Waals surface area contributed by atoms with Crippen LogP contribution in [-0.4, -0.2) is 20.3 Å². The van der Waals surface area contributed by atoms with Crippen molar-refractivity contribution >= 4 is 17.7 Å². The number of benzene rings is 1. The van der Waals surface area contributed by atoms with E-state index in [0.29, 0.717) is 17.4 Å². The summed E-state index contributed by atoms with van der Waals surface area (Å²) in [6.45, 7) is 0.405. The number of halogens is 1. The molecule has 5 heteroatoms. The van der Waals surface area contributed by atoms with Crippen molar-refractivity contribution in [3.05, 3.63) is 28.3 Å². The quantitative estimate of drug-likeness (QED) is 0.615. The first kappa shape index (κ1) is 14.1. The van der Waals surface area contributed by atoms with Gasteiger partial charge in [0, 0.05) is 17.7 Å². The molecule has 4 nitrogen and oxygen atoms in total. The van der Waals surface area contributed by atoms with Gasteiger partial charge in [0.15, 0.2) is 0 Å². The average molecular weight is 282 g/mol. The molecule has 1 aromatic rings. The van der Waals surface area contributed by atoms with E-state index in [9.17, 15) is 4.79 Å². The molecule has 0 unspecified atom stereocenters. The Balaban J connectivity index is 2.61. The molecule has 0 aromatic heterocycles. The van der Waals surface area contributed by atoms with Gasteiger partial charge in [0.1, 0.15) is 11.3 Å². The number of ether oxygens (including phenoxy) is 2. The fraction of sp³-hybridized carbons (Fsp3) is 0.500. The molecule has 0 aliphatic heterocycles. The molecule has 0 bridgehead atoms. The van der Waals surface area contributed by atoms with E-state index in [1.807, 2.05) is 6.07 Å². The number of hydrogen-bond donors (Lipinski definition) is 0. The lowest BCUT2D eigenvalue weighted by molar-refractivity contribution is 0.176. The Morgan fingerprint density at radius 3 is 2.63 bits per heavy atom. The molecule has 0 spiro atoms. The third-order valence-electron chi connectivity index (χ3n) is 3.57. The van der Waals surface area contributed by atoms with E-state index < -0.39 is 5.54 Å². The number of rotatable bonds is 5. The van der Waals surface area contributed by atoms with Crippen molar-refractivity contribution < 1.29 is 14.3 Å². The number of hydrogen-bond acceptors (Lipinski definition) is 4. The van der Waals surface area contributed by atoms with Crippen LogP contribution in [0.2, 0.25) is 5.02 Å². The molecule has 1 saturated carbocycles. The van der Waals surface area contributed by atoms with E-state index in [1.165, 1.54) is 0 Å². The minimum absolute atomic E-state index is 0.405. The van der Waals surface area contributed by atoms with Crippen molar-refractivity contribution in [1.29, 1.82) is 0 Å². The standard InChI is InChI=1S/C14H16ClNO3/c1-18-8-10-6-11(15)7-12(19-2)13(10)14(16-9-17)4-3-5-14/h6-7H,3-5,8H2,1-2H3. The molecule has 1 aliphatic rings. The molecule has 0 saturated heterocycles. The third kappa shape index (κ3) is 2.52. The Morgan fingerprint density at radius 2 is 2.16 bits per heavy atom. The van der Waals surface area contributed by atoms with E-state index in [1.54, 1.807) is 26.4 Å². The van der Waals surface area contributed by atoms with E-state index in [4.69, 9.17) is 21.1 Å². The smallest absolute Gasteiger partial charge is 0.235 e. The topological polar surface area (TPSA) is 47.9 Å². The molecule has 102 valence electrons. The number of isocyanates is 1. The second-order valence-corrected chi connectivity index (χ2v) is 5.10. The second kappa shape index (κ2) is 5.74. The van der Waals surface area contributed by atoms with Crippen molar-refractivity contribution in [3.8, 4) is 5.75 Å². The van der Waals surface area contributed by atoms with Crippen LogP contribution in [0.5, 0.6) is 5.75 Å². The molecule has 1 aliphatic carbocycles. The molecule has 1 aromatic carbocycles. The van der Waals surface area contributed by atoms with Crippen LogP contribution in [0.25, 0.3) is 0 Å². The summed E-state index contributed by atoms with van der Waals surface area (Å²) in [5, 5.41) is 0.581. The highest BCUT2D eigenvalue weighted by atomic mass is 35.5. The first-order valence-corrected chi connectivity index (χ1v) is 6.49. The molecule has 0 atom stereocenters. The molecule has 0 radical (unpaired) electrons. The largest absolute Gasteiger partial charge is 0.496 e. The number of aliphatic imine (C=N–C) groups is 1. The lowest BCUT2D eigenvalue weighted by Gasteiger charge is -2.39. The SMILES string of the molecule is COCc1cc(Cl)cc(OC)c1C1(N=C=O)CCC1. The summed E-state index contributed by atoms with van der Waals surface area (Å²) >= 11 is 6.08. The van der Waals surface area contributed by atoms with Gasteiger partial charge >= 0.3 is 0 Å². The van der Waals surface area contributed by atoms with Crippen LogP contribution < -0.4 is 4.74 Å². The van der Waals surface area contributed by atoms with Gasteiger partial charge < -0.3 is 9.47 Å². The molecule has 1 fully saturated rings. The Labute approximate surface area is 117 Å². The van der Waals surface area contributed by atoms with Crippen LogP contribution in [0.3, 0.4) is 0 Å². The third-order valence-corrected chi connectivity index (χ3v) is 3.79. The lowest BCUT2D eigenvalue weighted by Crippen LogP contribution is -2.33. The van der Waals surface area contributed by atoms with E-state index in [-0.39, 0.29) is 0 Å². The molecule has 0 heterocycles. The van der Waals surface area contributed by atoms with Crippen molar-refractivity contribution in [2.75, 3.05) is 14.2 Å². The summed E-state index contributed by atoms with van der Waals surface area (Å²) in [6, 6.07) is 3.58. The van der Waals surface area contributed by atoms with Gasteiger partial charge in [-0.15, -0.1) is 0 Å². The Hall–Kier alpha value is -1.35. The number of methoxy groups -OCH3 is 2. The zero-order valence-corrected chi connectivity index (χ0v) is 11.8. The van der Waals surface area contributed by atoms with Crippen LogP contribution in [0.15, 0.2) is 17.1 Å². The van der Waals surface area contributed by atoms with Gasteiger partial charge in [0.2, 0.25) is 6.08 Å². The van der Waals surface area contributed by atoms with Crippen LogP contribution in [-0.2, 0) is 21.7 Å². The van der Waals surface area contributed by atoms with Crippen LogP contribution in [0.4, 0.5) is 0 Å². The predicted molar refractivity (Wildman–Crippen MR) is 72.4 cm³/mol. The first-order chi connectivity index (χ1) is 9.16. The molecular weight excluding hydrogens is 266 g/mol. The Morgan fingerprint density at radius 1 is 1.42 bits per heavy atom. The highest BCUT2D eigenvalue weighted by Gasteiger charge is 2.42. The number of nitrogens with zero attached hydrogens (tertiary/aromatic N) is 1. The number of carbonyl (C=O) groups excluding carboxylic acids is 1. The van der Waals surface area contributed by atoms with Crippen LogP contribution >= 0.6 is 11.6 Å². The van der Waals surface area contributed by atoms with Gasteiger partial charge in [0.05, 0.1) is 13.7 Å². The molecular formula is C14H16ClNO3. The van der Waals surface area contributed by atoms with Gasteiger partial charge in [-0.25, -0.2) is 4.79 Å². The summed E-state index contributed by atoms with van der Waals surface area (Å²) in [5.41, 5.74) is 1.28. The average Bonchev–Trinajstić information content (AvgIpc) is 2.34. The summed E-state index contributed by atoms with van der Waals surface area (Å²) in [4.78, 5) is 14.8. The van der Waals surface area contributed by atoms with Gasteiger partial charge in [-0.05, 0) is 37.0 Å². The van der Waals surface area contributed by atoms with Crippen LogP contribution in [0.1, 0.15) is 30.4 Å². The van der Waals surface area contributed by atoms with E-state index in [2.05, 4.69) is 4.99 Å². The Bertz CT molecular complexity index is 520. The van der Waals surface area contributed by atoms with Crippen molar-refractivity contribution in [1.82, 2.24) is 0 Å². The van der Waals surface area contributed by atoms with Crippen molar-refractivity contribution in [2.45, 2.75) is 31.4 Å². The maximum Gasteiger partial charge on any atom is 0.235 e. The van der Waals surface area contributed by atoms with Gasteiger partial charge in [-0.2, -0.15) is 4.99 Å².